The number of hydrogen-bond donors (Lipinski definition) is 1. The molecule has 1 N–H and O–H groups in total. The highest BCUT2D eigenvalue weighted by molar-refractivity contribution is 5.79. The van der Waals surface area contributed by atoms with Gasteiger partial charge in [0, 0.05) is 61.8 Å². The lowest BCUT2D eigenvalue weighted by atomic mass is 9.96. The van der Waals surface area contributed by atoms with Gasteiger partial charge in [-0.05, 0) is 46.0 Å². The Balaban J connectivity index is 1.61. The summed E-state index contributed by atoms with van der Waals surface area (Å²) in [4.78, 5) is 30.1. The van der Waals surface area contributed by atoms with Gasteiger partial charge in [0.2, 0.25) is 5.91 Å². The van der Waals surface area contributed by atoms with Crippen LogP contribution in [0.1, 0.15) is 18.5 Å². The summed E-state index contributed by atoms with van der Waals surface area (Å²) in [6.07, 6.45) is 5.22. The van der Waals surface area contributed by atoms with Crippen LogP contribution >= 0.6 is 0 Å². The quantitative estimate of drug-likeness (QED) is 0.837. The van der Waals surface area contributed by atoms with Crippen molar-refractivity contribution in [3.63, 3.8) is 0 Å². The van der Waals surface area contributed by atoms with Crippen LogP contribution in [0.3, 0.4) is 0 Å². The Labute approximate surface area is 160 Å². The minimum absolute atomic E-state index is 0.0872. The Morgan fingerprint density at radius 2 is 2.07 bits per heavy atom. The zero-order chi connectivity index (χ0) is 19.2. The summed E-state index contributed by atoms with van der Waals surface area (Å²) in [6, 6.07) is 5.87. The van der Waals surface area contributed by atoms with Crippen molar-refractivity contribution < 1.29 is 4.79 Å². The number of rotatable bonds is 6. The van der Waals surface area contributed by atoms with Crippen LogP contribution in [0.5, 0.6) is 0 Å². The van der Waals surface area contributed by atoms with Crippen molar-refractivity contribution in [2.45, 2.75) is 19.8 Å². The van der Waals surface area contributed by atoms with Crippen molar-refractivity contribution in [1.29, 1.82) is 0 Å². The molecule has 3 heterocycles. The second-order valence-corrected chi connectivity index (χ2v) is 7.29. The molecule has 0 aliphatic carbocycles. The maximum Gasteiger partial charge on any atom is 0.223 e. The second kappa shape index (κ2) is 8.90. The van der Waals surface area contributed by atoms with Gasteiger partial charge in [-0.25, -0.2) is 9.97 Å². The second-order valence-electron chi connectivity index (χ2n) is 7.29. The number of nitrogens with zero attached hydrogens (tertiary/aromatic N) is 5. The molecule has 0 bridgehead atoms. The molecule has 7 heteroatoms. The third kappa shape index (κ3) is 5.23. The molecular formula is C20H28N6O. The molecule has 0 unspecified atom stereocenters. The molecule has 0 aromatic carbocycles. The summed E-state index contributed by atoms with van der Waals surface area (Å²) < 4.78 is 0. The lowest BCUT2D eigenvalue weighted by Gasteiger charge is -2.32. The van der Waals surface area contributed by atoms with E-state index in [0.717, 1.165) is 49.6 Å². The molecule has 1 aliphatic heterocycles. The molecule has 2 aromatic rings. The first-order valence-corrected chi connectivity index (χ1v) is 9.46. The van der Waals surface area contributed by atoms with Crippen LogP contribution in [0.4, 0.5) is 5.82 Å². The highest BCUT2D eigenvalue weighted by atomic mass is 16.1. The largest absolute Gasteiger partial charge is 0.356 e. The third-order valence-corrected chi connectivity index (χ3v) is 4.81. The number of aromatic nitrogens is 3. The van der Waals surface area contributed by atoms with Crippen LogP contribution in [0.15, 0.2) is 30.6 Å². The SMILES string of the molecule is Cc1cc(N2CCC(C(=O)NCCN(C)C)CC2)nc(-c2cccnc2)n1. The van der Waals surface area contributed by atoms with Gasteiger partial charge < -0.3 is 15.1 Å². The van der Waals surface area contributed by atoms with Crippen molar-refractivity contribution in [2.24, 2.45) is 5.92 Å². The first kappa shape index (κ1) is 19.2. The number of likely N-dealkylation sites (N-methyl/N-ethyl adjacent to an activating group) is 1. The number of piperidine rings is 1. The van der Waals surface area contributed by atoms with Crippen LogP contribution in [0, 0.1) is 12.8 Å². The minimum Gasteiger partial charge on any atom is -0.356 e. The van der Waals surface area contributed by atoms with E-state index < -0.39 is 0 Å². The Morgan fingerprint density at radius 1 is 1.30 bits per heavy atom. The fourth-order valence-corrected chi connectivity index (χ4v) is 3.26. The summed E-state index contributed by atoms with van der Waals surface area (Å²) in [6.45, 7) is 5.20. The number of carbonyl (C=O) groups is 1. The highest BCUT2D eigenvalue weighted by Gasteiger charge is 2.25. The molecular weight excluding hydrogens is 340 g/mol. The van der Waals surface area contributed by atoms with Crippen LogP contribution in [-0.4, -0.2) is 66.0 Å². The average Bonchev–Trinajstić information content (AvgIpc) is 2.68. The molecule has 0 saturated carbocycles. The van der Waals surface area contributed by atoms with E-state index in [9.17, 15) is 4.79 Å². The zero-order valence-electron chi connectivity index (χ0n) is 16.4. The lowest BCUT2D eigenvalue weighted by molar-refractivity contribution is -0.125. The van der Waals surface area contributed by atoms with Crippen molar-refractivity contribution in [3.05, 3.63) is 36.3 Å². The van der Waals surface area contributed by atoms with E-state index in [-0.39, 0.29) is 11.8 Å². The molecule has 27 heavy (non-hydrogen) atoms. The number of amides is 1. The predicted molar refractivity (Wildman–Crippen MR) is 107 cm³/mol. The van der Waals surface area contributed by atoms with Gasteiger partial charge >= 0.3 is 0 Å². The van der Waals surface area contributed by atoms with E-state index in [4.69, 9.17) is 4.98 Å². The molecule has 1 aliphatic rings. The Morgan fingerprint density at radius 3 is 2.74 bits per heavy atom. The van der Waals surface area contributed by atoms with Gasteiger partial charge in [-0.2, -0.15) is 0 Å². The van der Waals surface area contributed by atoms with Gasteiger partial charge in [-0.1, -0.05) is 0 Å². The van der Waals surface area contributed by atoms with Crippen molar-refractivity contribution in [3.8, 4) is 11.4 Å². The van der Waals surface area contributed by atoms with Crippen LogP contribution in [-0.2, 0) is 4.79 Å². The maximum absolute atomic E-state index is 12.3. The van der Waals surface area contributed by atoms with Crippen LogP contribution in [0.25, 0.3) is 11.4 Å². The fourth-order valence-electron chi connectivity index (χ4n) is 3.26. The van der Waals surface area contributed by atoms with E-state index in [1.54, 1.807) is 12.4 Å². The first-order valence-electron chi connectivity index (χ1n) is 9.46. The number of carbonyl (C=O) groups excluding carboxylic acids is 1. The van der Waals surface area contributed by atoms with E-state index >= 15 is 0 Å². The smallest absolute Gasteiger partial charge is 0.223 e. The normalized spacial score (nSPS) is 15.2. The summed E-state index contributed by atoms with van der Waals surface area (Å²) in [5, 5.41) is 3.05. The molecule has 1 amide bonds. The minimum atomic E-state index is 0.0872. The number of pyridine rings is 1. The van der Waals surface area contributed by atoms with Gasteiger partial charge in [0.15, 0.2) is 5.82 Å². The van der Waals surface area contributed by atoms with Gasteiger partial charge in [-0.3, -0.25) is 9.78 Å². The van der Waals surface area contributed by atoms with Gasteiger partial charge in [0.25, 0.3) is 0 Å². The summed E-state index contributed by atoms with van der Waals surface area (Å²) >= 11 is 0. The average molecular weight is 368 g/mol. The van der Waals surface area contributed by atoms with Crippen LogP contribution in [0.2, 0.25) is 0 Å². The molecule has 0 atom stereocenters. The summed E-state index contributed by atoms with van der Waals surface area (Å²) in [5.41, 5.74) is 1.85. The van der Waals surface area contributed by atoms with E-state index in [1.165, 1.54) is 0 Å². The molecule has 7 nitrogen and oxygen atoms in total. The Bertz CT molecular complexity index is 756. The molecule has 3 rings (SSSR count). The standard InChI is InChI=1S/C20H28N6O/c1-15-13-18(24-19(23-15)17-5-4-8-21-14-17)26-10-6-16(7-11-26)20(27)22-9-12-25(2)3/h4-5,8,13-14,16H,6-7,9-12H2,1-3H3,(H,22,27). The van der Waals surface area contributed by atoms with Crippen molar-refractivity contribution >= 4 is 11.7 Å². The molecule has 1 saturated heterocycles. The molecule has 2 aromatic heterocycles. The zero-order valence-corrected chi connectivity index (χ0v) is 16.4. The van der Waals surface area contributed by atoms with Gasteiger partial charge in [0.1, 0.15) is 5.82 Å². The van der Waals surface area contributed by atoms with E-state index in [0.29, 0.717) is 12.4 Å². The molecule has 0 spiro atoms. The predicted octanol–water partition coefficient (Wildman–Crippen LogP) is 1.74. The highest BCUT2D eigenvalue weighted by Crippen LogP contribution is 2.24. The van der Waals surface area contributed by atoms with E-state index in [1.807, 2.05) is 39.2 Å². The number of hydrogen-bond acceptors (Lipinski definition) is 6. The van der Waals surface area contributed by atoms with Gasteiger partial charge in [0.05, 0.1) is 0 Å². The molecule has 0 radical (unpaired) electrons. The Hall–Kier alpha value is -2.54. The third-order valence-electron chi connectivity index (χ3n) is 4.81. The topological polar surface area (TPSA) is 74.2 Å². The fraction of sp³-hybridized carbons (Fsp3) is 0.500. The lowest BCUT2D eigenvalue weighted by Crippen LogP contribution is -2.42. The summed E-state index contributed by atoms with van der Waals surface area (Å²) in [7, 11) is 4.02. The monoisotopic (exact) mass is 368 g/mol. The molecule has 144 valence electrons. The van der Waals surface area contributed by atoms with Crippen LogP contribution < -0.4 is 10.2 Å². The number of aryl methyl sites for hydroxylation is 1. The maximum atomic E-state index is 12.3. The summed E-state index contributed by atoms with van der Waals surface area (Å²) in [5.74, 6) is 1.88. The first-order chi connectivity index (χ1) is 13.0. The number of anilines is 1. The van der Waals surface area contributed by atoms with Gasteiger partial charge in [-0.15, -0.1) is 0 Å². The Kier molecular flexibility index (Phi) is 6.34. The van der Waals surface area contributed by atoms with Crippen molar-refractivity contribution in [2.75, 3.05) is 45.2 Å². The molecule has 1 fully saturated rings. The van der Waals surface area contributed by atoms with Crippen molar-refractivity contribution in [1.82, 2.24) is 25.2 Å². The number of nitrogens with one attached hydrogen (secondary N) is 1. The van der Waals surface area contributed by atoms with E-state index in [2.05, 4.69) is 25.1 Å².